The molecule has 1 aliphatic rings. The van der Waals surface area contributed by atoms with Gasteiger partial charge in [-0.25, -0.2) is 4.79 Å². The third kappa shape index (κ3) is 4.17. The van der Waals surface area contributed by atoms with Gasteiger partial charge >= 0.3 is 12.2 Å². The lowest BCUT2D eigenvalue weighted by molar-refractivity contribution is -0.183. The highest BCUT2D eigenvalue weighted by molar-refractivity contribution is 5.90. The molecule has 0 saturated heterocycles. The molecule has 2 atom stereocenters. The molecule has 23 heavy (non-hydrogen) atoms. The lowest BCUT2D eigenvalue weighted by atomic mass is 9.85. The molecule has 130 valence electrons. The van der Waals surface area contributed by atoms with Crippen LogP contribution >= 0.6 is 0 Å². The van der Waals surface area contributed by atoms with Crippen molar-refractivity contribution in [1.82, 2.24) is 15.1 Å². The largest absolute Gasteiger partial charge is 0.391 e. The Bertz CT molecular complexity index is 568. The zero-order chi connectivity index (χ0) is 17.2. The maximum absolute atomic E-state index is 12.8. The molecule has 1 fully saturated rings. The number of urea groups is 1. The highest BCUT2D eigenvalue weighted by Gasteiger charge is 2.42. The van der Waals surface area contributed by atoms with Crippen LogP contribution in [-0.4, -0.2) is 28.0 Å². The number of anilines is 1. The number of halogens is 3. The predicted octanol–water partition coefficient (Wildman–Crippen LogP) is 3.76. The van der Waals surface area contributed by atoms with E-state index in [-0.39, 0.29) is 12.8 Å². The fourth-order valence-electron chi connectivity index (χ4n) is 3.14. The van der Waals surface area contributed by atoms with E-state index in [1.54, 1.807) is 11.6 Å². The van der Waals surface area contributed by atoms with Crippen LogP contribution in [0.3, 0.4) is 0 Å². The maximum atomic E-state index is 12.8. The molecule has 1 aromatic rings. The van der Waals surface area contributed by atoms with Gasteiger partial charge in [0, 0.05) is 12.6 Å². The van der Waals surface area contributed by atoms with E-state index in [1.807, 2.05) is 13.8 Å². The van der Waals surface area contributed by atoms with Gasteiger partial charge in [-0.15, -0.1) is 0 Å². The van der Waals surface area contributed by atoms with Gasteiger partial charge in [0.15, 0.2) is 0 Å². The molecule has 0 bridgehead atoms. The summed E-state index contributed by atoms with van der Waals surface area (Å²) in [5.74, 6) is -1.33. The fraction of sp³-hybridized carbons (Fsp3) is 0.733. The summed E-state index contributed by atoms with van der Waals surface area (Å²) < 4.78 is 40.2. The molecule has 2 amide bonds. The number of alkyl halides is 3. The SMILES string of the molecule is CCn1nc(C)c(NC(=O)N[C@@H]2CCC[C@@H](C(F)(F)F)C2)c1C. The van der Waals surface area contributed by atoms with Crippen molar-refractivity contribution in [3.63, 3.8) is 0 Å². The second-order valence-corrected chi connectivity index (χ2v) is 6.06. The van der Waals surface area contributed by atoms with Gasteiger partial charge in [-0.05, 0) is 40.0 Å². The topological polar surface area (TPSA) is 59.0 Å². The quantitative estimate of drug-likeness (QED) is 0.885. The van der Waals surface area contributed by atoms with E-state index >= 15 is 0 Å². The first-order valence-electron chi connectivity index (χ1n) is 7.90. The Morgan fingerprint density at radius 1 is 1.35 bits per heavy atom. The second-order valence-electron chi connectivity index (χ2n) is 6.06. The van der Waals surface area contributed by atoms with Gasteiger partial charge in [0.1, 0.15) is 0 Å². The average molecular weight is 332 g/mol. The molecule has 0 aliphatic heterocycles. The van der Waals surface area contributed by atoms with Gasteiger partial charge < -0.3 is 10.6 Å². The summed E-state index contributed by atoms with van der Waals surface area (Å²) in [6.45, 7) is 6.27. The zero-order valence-corrected chi connectivity index (χ0v) is 13.6. The number of carbonyl (C=O) groups excluding carboxylic acids is 1. The molecular weight excluding hydrogens is 309 g/mol. The van der Waals surface area contributed by atoms with Crippen molar-refractivity contribution < 1.29 is 18.0 Å². The summed E-state index contributed by atoms with van der Waals surface area (Å²) in [5.41, 5.74) is 2.14. The molecule has 2 rings (SSSR count). The first-order chi connectivity index (χ1) is 10.7. The predicted molar refractivity (Wildman–Crippen MR) is 81.3 cm³/mol. The van der Waals surface area contributed by atoms with Crippen LogP contribution < -0.4 is 10.6 Å². The molecule has 0 unspecified atom stereocenters. The normalized spacial score (nSPS) is 22.0. The summed E-state index contributed by atoms with van der Waals surface area (Å²) in [7, 11) is 0. The van der Waals surface area contributed by atoms with Crippen molar-refractivity contribution in [1.29, 1.82) is 0 Å². The Kier molecular flexibility index (Phi) is 5.21. The summed E-state index contributed by atoms with van der Waals surface area (Å²) in [4.78, 5) is 12.1. The lowest BCUT2D eigenvalue weighted by Gasteiger charge is -2.31. The fourth-order valence-corrected chi connectivity index (χ4v) is 3.14. The van der Waals surface area contributed by atoms with Crippen molar-refractivity contribution in [2.75, 3.05) is 5.32 Å². The minimum atomic E-state index is -4.19. The minimum absolute atomic E-state index is 0.0525. The molecule has 0 radical (unpaired) electrons. The van der Waals surface area contributed by atoms with Crippen LogP contribution in [-0.2, 0) is 6.54 Å². The molecule has 8 heteroatoms. The van der Waals surface area contributed by atoms with E-state index in [2.05, 4.69) is 15.7 Å². The smallest absolute Gasteiger partial charge is 0.335 e. The van der Waals surface area contributed by atoms with Gasteiger partial charge in [-0.1, -0.05) is 6.42 Å². The Balaban J connectivity index is 1.96. The first kappa shape index (κ1) is 17.6. The summed E-state index contributed by atoms with van der Waals surface area (Å²) in [6, 6.07) is -0.920. The Labute approximate surface area is 133 Å². The van der Waals surface area contributed by atoms with Gasteiger partial charge in [0.05, 0.1) is 23.0 Å². The highest BCUT2D eigenvalue weighted by atomic mass is 19.4. The van der Waals surface area contributed by atoms with E-state index < -0.39 is 24.2 Å². The van der Waals surface area contributed by atoms with Crippen molar-refractivity contribution in [2.45, 2.75) is 65.2 Å². The van der Waals surface area contributed by atoms with Crippen LogP contribution in [0, 0.1) is 19.8 Å². The number of aromatic nitrogens is 2. The van der Waals surface area contributed by atoms with Crippen LogP contribution in [0.5, 0.6) is 0 Å². The Morgan fingerprint density at radius 3 is 2.61 bits per heavy atom. The van der Waals surface area contributed by atoms with E-state index in [0.29, 0.717) is 30.8 Å². The number of carbonyl (C=O) groups is 1. The molecule has 1 aliphatic carbocycles. The van der Waals surface area contributed by atoms with Crippen LogP contribution in [0.15, 0.2) is 0 Å². The number of nitrogens with one attached hydrogen (secondary N) is 2. The number of hydrogen-bond donors (Lipinski definition) is 2. The molecule has 1 heterocycles. The van der Waals surface area contributed by atoms with Crippen LogP contribution in [0.1, 0.15) is 44.0 Å². The highest BCUT2D eigenvalue weighted by Crippen LogP contribution is 2.37. The summed E-state index contributed by atoms with van der Waals surface area (Å²) in [5, 5.41) is 9.68. The number of rotatable bonds is 3. The molecule has 0 spiro atoms. The van der Waals surface area contributed by atoms with Crippen LogP contribution in [0.4, 0.5) is 23.7 Å². The average Bonchev–Trinajstić information content (AvgIpc) is 2.74. The number of nitrogens with zero attached hydrogens (tertiary/aromatic N) is 2. The van der Waals surface area contributed by atoms with E-state index in [1.165, 1.54) is 0 Å². The molecule has 1 aromatic heterocycles. The molecular formula is C15H23F3N4O. The van der Waals surface area contributed by atoms with Gasteiger partial charge in [-0.3, -0.25) is 4.68 Å². The van der Waals surface area contributed by atoms with Crippen molar-refractivity contribution >= 4 is 11.7 Å². The number of aryl methyl sites for hydroxylation is 2. The van der Waals surface area contributed by atoms with Crippen molar-refractivity contribution in [2.24, 2.45) is 5.92 Å². The number of amides is 2. The van der Waals surface area contributed by atoms with Crippen LogP contribution in [0.25, 0.3) is 0 Å². The standard InChI is InChI=1S/C15H23F3N4O/c1-4-22-10(3)13(9(2)21-22)20-14(23)19-12-7-5-6-11(8-12)15(16,17)18/h11-12H,4-8H2,1-3H3,(H2,19,20,23)/t11-,12-/m1/s1. The second kappa shape index (κ2) is 6.80. The molecule has 1 saturated carbocycles. The first-order valence-corrected chi connectivity index (χ1v) is 7.90. The third-order valence-corrected chi connectivity index (χ3v) is 4.39. The lowest BCUT2D eigenvalue weighted by Crippen LogP contribution is -2.43. The maximum Gasteiger partial charge on any atom is 0.391 e. The monoisotopic (exact) mass is 332 g/mol. The van der Waals surface area contributed by atoms with Crippen LogP contribution in [0.2, 0.25) is 0 Å². The van der Waals surface area contributed by atoms with Crippen molar-refractivity contribution in [3.05, 3.63) is 11.4 Å². The molecule has 5 nitrogen and oxygen atoms in total. The Hall–Kier alpha value is -1.73. The third-order valence-electron chi connectivity index (χ3n) is 4.39. The van der Waals surface area contributed by atoms with Gasteiger partial charge in [0.2, 0.25) is 0 Å². The molecule has 2 N–H and O–H groups in total. The Morgan fingerprint density at radius 2 is 2.04 bits per heavy atom. The summed E-state index contributed by atoms with van der Waals surface area (Å²) in [6.07, 6.45) is -3.05. The summed E-state index contributed by atoms with van der Waals surface area (Å²) >= 11 is 0. The van der Waals surface area contributed by atoms with E-state index in [9.17, 15) is 18.0 Å². The van der Waals surface area contributed by atoms with Gasteiger partial charge in [-0.2, -0.15) is 18.3 Å². The zero-order valence-electron chi connectivity index (χ0n) is 13.6. The van der Waals surface area contributed by atoms with Gasteiger partial charge in [0.25, 0.3) is 0 Å². The number of hydrogen-bond acceptors (Lipinski definition) is 2. The van der Waals surface area contributed by atoms with Crippen molar-refractivity contribution in [3.8, 4) is 0 Å². The van der Waals surface area contributed by atoms with E-state index in [0.717, 1.165) is 5.69 Å². The molecule has 0 aromatic carbocycles. The minimum Gasteiger partial charge on any atom is -0.335 e. The van der Waals surface area contributed by atoms with E-state index in [4.69, 9.17) is 0 Å².